The Morgan fingerprint density at radius 3 is 2.33 bits per heavy atom. The first-order valence-corrected chi connectivity index (χ1v) is 6.69. The predicted octanol–water partition coefficient (Wildman–Crippen LogP) is 2.03. The van der Waals surface area contributed by atoms with Gasteiger partial charge in [-0.2, -0.15) is 0 Å². The summed E-state index contributed by atoms with van der Waals surface area (Å²) in [7, 11) is 3.02. The van der Waals surface area contributed by atoms with E-state index in [9.17, 15) is 9.59 Å². The molecule has 0 heterocycles. The van der Waals surface area contributed by atoms with E-state index < -0.39 is 5.97 Å². The third kappa shape index (κ3) is 4.11. The molecule has 1 aromatic rings. The van der Waals surface area contributed by atoms with Crippen LogP contribution >= 0.6 is 0 Å². The molecule has 116 valence electrons. The minimum atomic E-state index is -0.930. The lowest BCUT2D eigenvalue weighted by molar-refractivity contribution is -0.138. The summed E-state index contributed by atoms with van der Waals surface area (Å²) in [5, 5.41) is 8.86. The number of hydrogen-bond acceptors (Lipinski definition) is 4. The van der Waals surface area contributed by atoms with E-state index in [0.29, 0.717) is 23.6 Å². The summed E-state index contributed by atoms with van der Waals surface area (Å²) in [4.78, 5) is 24.8. The van der Waals surface area contributed by atoms with Crippen LogP contribution in [-0.2, 0) is 4.79 Å². The molecule has 0 aliphatic carbocycles. The molecule has 0 aliphatic heterocycles. The zero-order chi connectivity index (χ0) is 16.0. The molecule has 1 amide bonds. The number of nitrogens with zero attached hydrogens (tertiary/aromatic N) is 1. The first kappa shape index (κ1) is 16.8. The summed E-state index contributed by atoms with van der Waals surface area (Å²) >= 11 is 0. The Kier molecular flexibility index (Phi) is 6.02. The quantitative estimate of drug-likeness (QED) is 0.833. The second kappa shape index (κ2) is 7.52. The average Bonchev–Trinajstić information content (AvgIpc) is 2.46. The Labute approximate surface area is 124 Å². The zero-order valence-corrected chi connectivity index (χ0v) is 12.8. The van der Waals surface area contributed by atoms with Crippen molar-refractivity contribution >= 4 is 11.9 Å². The maximum Gasteiger partial charge on any atom is 0.305 e. The third-order valence-electron chi connectivity index (χ3n) is 3.23. The van der Waals surface area contributed by atoms with Crippen molar-refractivity contribution in [2.24, 2.45) is 0 Å². The fourth-order valence-electron chi connectivity index (χ4n) is 2.15. The van der Waals surface area contributed by atoms with E-state index in [4.69, 9.17) is 14.6 Å². The minimum Gasteiger partial charge on any atom is -0.493 e. The Morgan fingerprint density at radius 1 is 1.24 bits per heavy atom. The summed E-state index contributed by atoms with van der Waals surface area (Å²) in [6.45, 7) is 3.97. The lowest BCUT2D eigenvalue weighted by atomic mass is 10.1. The van der Waals surface area contributed by atoms with Gasteiger partial charge in [0.05, 0.1) is 20.6 Å². The van der Waals surface area contributed by atoms with E-state index in [1.165, 1.54) is 19.1 Å². The number of carbonyl (C=O) groups is 2. The second-order valence-corrected chi connectivity index (χ2v) is 4.61. The first-order valence-electron chi connectivity index (χ1n) is 6.69. The number of ether oxygens (including phenoxy) is 2. The van der Waals surface area contributed by atoms with E-state index in [2.05, 4.69) is 0 Å². The highest BCUT2D eigenvalue weighted by Gasteiger charge is 2.22. The van der Waals surface area contributed by atoms with Gasteiger partial charge in [-0.25, -0.2) is 0 Å². The van der Waals surface area contributed by atoms with Crippen molar-refractivity contribution in [1.82, 2.24) is 4.90 Å². The first-order chi connectivity index (χ1) is 9.94. The number of rotatable bonds is 7. The molecule has 0 saturated heterocycles. The minimum absolute atomic E-state index is 0.0904. The predicted molar refractivity (Wildman–Crippen MR) is 78.0 cm³/mol. The van der Waals surface area contributed by atoms with Crippen molar-refractivity contribution in [1.29, 1.82) is 0 Å². The highest BCUT2D eigenvalue weighted by molar-refractivity contribution is 5.95. The van der Waals surface area contributed by atoms with E-state index >= 15 is 0 Å². The molecule has 1 rings (SSSR count). The number of benzene rings is 1. The molecule has 21 heavy (non-hydrogen) atoms. The van der Waals surface area contributed by atoms with Crippen LogP contribution in [0.1, 0.15) is 30.6 Å². The van der Waals surface area contributed by atoms with Gasteiger partial charge in [0.25, 0.3) is 5.91 Å². The molecule has 0 bridgehead atoms. The molecular formula is C15H21NO5. The second-order valence-electron chi connectivity index (χ2n) is 4.61. The smallest absolute Gasteiger partial charge is 0.305 e. The van der Waals surface area contributed by atoms with Gasteiger partial charge in [0, 0.05) is 18.2 Å². The molecule has 0 radical (unpaired) electrons. The number of hydrogen-bond donors (Lipinski definition) is 1. The van der Waals surface area contributed by atoms with Crippen LogP contribution in [0.2, 0.25) is 0 Å². The maximum atomic E-state index is 12.5. The molecule has 0 saturated carbocycles. The molecule has 1 atom stereocenters. The number of methoxy groups -OCH3 is 2. The van der Waals surface area contributed by atoms with E-state index in [1.807, 2.05) is 6.92 Å². The van der Waals surface area contributed by atoms with Gasteiger partial charge in [-0.3, -0.25) is 9.59 Å². The monoisotopic (exact) mass is 295 g/mol. The molecule has 1 aromatic carbocycles. The van der Waals surface area contributed by atoms with Gasteiger partial charge < -0.3 is 19.5 Å². The van der Waals surface area contributed by atoms with Crippen LogP contribution in [0.25, 0.3) is 0 Å². The normalized spacial score (nSPS) is 11.6. The Morgan fingerprint density at radius 2 is 1.86 bits per heavy atom. The number of amides is 1. The van der Waals surface area contributed by atoms with Gasteiger partial charge in [-0.1, -0.05) is 0 Å². The Hall–Kier alpha value is -2.24. The molecule has 0 fully saturated rings. The van der Waals surface area contributed by atoms with Gasteiger partial charge in [-0.05, 0) is 32.0 Å². The number of carbonyl (C=O) groups excluding carboxylic acids is 1. The SMILES string of the molecule is CCN(C(=O)c1ccc(OC)c(OC)c1)C(C)CC(=O)O. The summed E-state index contributed by atoms with van der Waals surface area (Å²) in [6.07, 6.45) is -0.0904. The van der Waals surface area contributed by atoms with Gasteiger partial charge in [0.2, 0.25) is 0 Å². The zero-order valence-electron chi connectivity index (χ0n) is 12.8. The largest absolute Gasteiger partial charge is 0.493 e. The van der Waals surface area contributed by atoms with E-state index in [-0.39, 0.29) is 18.4 Å². The molecule has 6 heteroatoms. The lowest BCUT2D eigenvalue weighted by Gasteiger charge is -2.27. The van der Waals surface area contributed by atoms with Crippen LogP contribution in [0.3, 0.4) is 0 Å². The van der Waals surface area contributed by atoms with E-state index in [0.717, 1.165) is 0 Å². The van der Waals surface area contributed by atoms with Crippen LogP contribution in [-0.4, -0.2) is 48.7 Å². The molecule has 0 aliphatic rings. The topological polar surface area (TPSA) is 76.1 Å². The summed E-state index contributed by atoms with van der Waals surface area (Å²) in [5.41, 5.74) is 0.437. The third-order valence-corrected chi connectivity index (χ3v) is 3.23. The number of aliphatic carboxylic acids is 1. The van der Waals surface area contributed by atoms with Crippen LogP contribution in [0.4, 0.5) is 0 Å². The van der Waals surface area contributed by atoms with Crippen LogP contribution in [0.5, 0.6) is 11.5 Å². The number of carboxylic acid groups (broad SMARTS) is 1. The van der Waals surface area contributed by atoms with Crippen molar-refractivity contribution in [2.45, 2.75) is 26.3 Å². The molecule has 1 unspecified atom stereocenters. The van der Waals surface area contributed by atoms with Crippen molar-refractivity contribution in [3.05, 3.63) is 23.8 Å². The summed E-state index contributed by atoms with van der Waals surface area (Å²) in [6, 6.07) is 4.51. The lowest BCUT2D eigenvalue weighted by Crippen LogP contribution is -2.39. The maximum absolute atomic E-state index is 12.5. The fraction of sp³-hybridized carbons (Fsp3) is 0.467. The van der Waals surface area contributed by atoms with Gasteiger partial charge in [-0.15, -0.1) is 0 Å². The van der Waals surface area contributed by atoms with Gasteiger partial charge in [0.1, 0.15) is 0 Å². The highest BCUT2D eigenvalue weighted by Crippen LogP contribution is 2.28. The van der Waals surface area contributed by atoms with Crippen LogP contribution in [0.15, 0.2) is 18.2 Å². The van der Waals surface area contributed by atoms with E-state index in [1.54, 1.807) is 25.1 Å². The van der Waals surface area contributed by atoms with Crippen LogP contribution < -0.4 is 9.47 Å². The van der Waals surface area contributed by atoms with Crippen molar-refractivity contribution in [2.75, 3.05) is 20.8 Å². The van der Waals surface area contributed by atoms with Gasteiger partial charge >= 0.3 is 5.97 Å². The standard InChI is InChI=1S/C15H21NO5/c1-5-16(10(2)8-14(17)18)15(19)11-6-7-12(20-3)13(9-11)21-4/h6-7,9-10H,5,8H2,1-4H3,(H,17,18). The van der Waals surface area contributed by atoms with Crippen molar-refractivity contribution in [3.8, 4) is 11.5 Å². The number of carboxylic acids is 1. The molecule has 0 aromatic heterocycles. The summed E-state index contributed by atoms with van der Waals surface area (Å²) < 4.78 is 10.3. The van der Waals surface area contributed by atoms with Crippen molar-refractivity contribution < 1.29 is 24.2 Å². The molecular weight excluding hydrogens is 274 g/mol. The van der Waals surface area contributed by atoms with Crippen molar-refractivity contribution in [3.63, 3.8) is 0 Å². The molecule has 6 nitrogen and oxygen atoms in total. The Balaban J connectivity index is 3.02. The average molecular weight is 295 g/mol. The van der Waals surface area contributed by atoms with Gasteiger partial charge in [0.15, 0.2) is 11.5 Å². The highest BCUT2D eigenvalue weighted by atomic mass is 16.5. The molecule has 1 N–H and O–H groups in total. The molecule has 0 spiro atoms. The fourth-order valence-corrected chi connectivity index (χ4v) is 2.15. The Bertz CT molecular complexity index is 515. The van der Waals surface area contributed by atoms with Crippen LogP contribution in [0, 0.1) is 0 Å². The summed E-state index contributed by atoms with van der Waals surface area (Å²) in [5.74, 6) is -0.158.